The molecule has 1 nitrogen and oxygen atoms in total. The minimum Gasteiger partial charge on any atom is -0.384 e. The Labute approximate surface area is 96.6 Å². The Morgan fingerprint density at radius 2 is 1.47 bits per heavy atom. The summed E-state index contributed by atoms with van der Waals surface area (Å²) in [5.74, 6) is 2.38. The average Bonchev–Trinajstić information content (AvgIpc) is 2.15. The van der Waals surface area contributed by atoms with E-state index in [0.29, 0.717) is 0 Å². The summed E-state index contributed by atoms with van der Waals surface area (Å²) in [6.07, 6.45) is 6.89. The lowest BCUT2D eigenvalue weighted by Crippen LogP contribution is -2.14. The fourth-order valence-corrected chi connectivity index (χ4v) is 1.96. The van der Waals surface area contributed by atoms with E-state index in [1.807, 2.05) is 7.11 Å². The summed E-state index contributed by atoms with van der Waals surface area (Å²) in [4.78, 5) is 0. The van der Waals surface area contributed by atoms with Crippen LogP contribution >= 0.6 is 0 Å². The van der Waals surface area contributed by atoms with Crippen LogP contribution < -0.4 is 0 Å². The molecule has 0 aromatic rings. The van der Waals surface area contributed by atoms with Gasteiger partial charge in [-0.1, -0.05) is 53.4 Å². The summed E-state index contributed by atoms with van der Waals surface area (Å²) in [5, 5.41) is 0. The maximum atomic E-state index is 5.26. The van der Waals surface area contributed by atoms with Crippen LogP contribution in [0.4, 0.5) is 0 Å². The van der Waals surface area contributed by atoms with E-state index in [-0.39, 0.29) is 0 Å². The highest BCUT2D eigenvalue weighted by molar-refractivity contribution is 4.62. The van der Waals surface area contributed by atoms with Crippen LogP contribution in [0, 0.1) is 17.8 Å². The van der Waals surface area contributed by atoms with Crippen molar-refractivity contribution < 1.29 is 4.74 Å². The topological polar surface area (TPSA) is 9.23 Å². The molecule has 0 aliphatic carbocycles. The highest BCUT2D eigenvalue weighted by Gasteiger charge is 2.12. The monoisotopic (exact) mass is 214 g/mol. The molecule has 0 aromatic carbocycles. The summed E-state index contributed by atoms with van der Waals surface area (Å²) >= 11 is 0. The van der Waals surface area contributed by atoms with Crippen LogP contribution in [0.3, 0.4) is 0 Å². The molecule has 0 aromatic heterocycles. The maximum Gasteiger partial charge on any atom is 0.0492 e. The Morgan fingerprint density at radius 1 is 0.867 bits per heavy atom. The third kappa shape index (κ3) is 8.92. The van der Waals surface area contributed by atoms with Crippen LogP contribution in [0.5, 0.6) is 0 Å². The molecule has 1 atom stereocenters. The van der Waals surface area contributed by atoms with Crippen LogP contribution in [0.15, 0.2) is 0 Å². The highest BCUT2D eigenvalue weighted by atomic mass is 16.5. The molecule has 0 spiro atoms. The van der Waals surface area contributed by atoms with E-state index < -0.39 is 0 Å². The largest absolute Gasteiger partial charge is 0.384 e. The van der Waals surface area contributed by atoms with E-state index in [9.17, 15) is 0 Å². The first-order chi connectivity index (χ1) is 7.07. The summed E-state index contributed by atoms with van der Waals surface area (Å²) in [6, 6.07) is 0. The zero-order valence-electron chi connectivity index (χ0n) is 11.4. The fraction of sp³-hybridized carbons (Fsp3) is 1.00. The molecule has 1 heteroatoms. The number of hydrogen-bond acceptors (Lipinski definition) is 1. The van der Waals surface area contributed by atoms with Gasteiger partial charge >= 0.3 is 0 Å². The van der Waals surface area contributed by atoms with E-state index in [4.69, 9.17) is 4.74 Å². The Hall–Kier alpha value is -0.0400. The zero-order valence-corrected chi connectivity index (χ0v) is 11.4. The lowest BCUT2D eigenvalue weighted by atomic mass is 9.90. The molecule has 0 saturated heterocycles. The number of methoxy groups -OCH3 is 1. The summed E-state index contributed by atoms with van der Waals surface area (Å²) in [6.45, 7) is 10.2. The Balaban J connectivity index is 3.45. The quantitative estimate of drug-likeness (QED) is 0.513. The van der Waals surface area contributed by atoms with E-state index in [1.165, 1.54) is 32.1 Å². The van der Waals surface area contributed by atoms with Gasteiger partial charge in [-0.05, 0) is 24.2 Å². The van der Waals surface area contributed by atoms with Crippen molar-refractivity contribution in [3.63, 3.8) is 0 Å². The number of hydrogen-bond donors (Lipinski definition) is 0. The second kappa shape index (κ2) is 9.21. The van der Waals surface area contributed by atoms with Gasteiger partial charge in [-0.15, -0.1) is 0 Å². The van der Waals surface area contributed by atoms with Gasteiger partial charge in [0.15, 0.2) is 0 Å². The summed E-state index contributed by atoms with van der Waals surface area (Å²) < 4.78 is 5.26. The average molecular weight is 214 g/mol. The van der Waals surface area contributed by atoms with E-state index >= 15 is 0 Å². The summed E-state index contributed by atoms with van der Waals surface area (Å²) in [7, 11) is 1.81. The van der Waals surface area contributed by atoms with Gasteiger partial charge in [0.1, 0.15) is 0 Å². The second-order valence-corrected chi connectivity index (χ2v) is 5.49. The van der Waals surface area contributed by atoms with Crippen LogP contribution in [-0.2, 0) is 4.74 Å². The first-order valence-corrected chi connectivity index (χ1v) is 6.56. The smallest absolute Gasteiger partial charge is 0.0492 e. The minimum absolute atomic E-state index is 0.758. The van der Waals surface area contributed by atoms with Crippen molar-refractivity contribution in [3.05, 3.63) is 0 Å². The molecule has 0 rings (SSSR count). The molecule has 15 heavy (non-hydrogen) atoms. The SMILES string of the molecule is COCC(CCCCCC(C)C)C(C)C. The van der Waals surface area contributed by atoms with Crippen LogP contribution in [0.1, 0.15) is 59.8 Å². The first-order valence-electron chi connectivity index (χ1n) is 6.56. The molecular formula is C14H30O. The lowest BCUT2D eigenvalue weighted by molar-refractivity contribution is 0.122. The molecule has 0 bridgehead atoms. The van der Waals surface area contributed by atoms with Crippen LogP contribution in [-0.4, -0.2) is 13.7 Å². The molecule has 92 valence electrons. The molecule has 0 aliphatic rings. The Bertz CT molecular complexity index is 129. The highest BCUT2D eigenvalue weighted by Crippen LogP contribution is 2.19. The molecule has 0 heterocycles. The van der Waals surface area contributed by atoms with Crippen LogP contribution in [0.25, 0.3) is 0 Å². The van der Waals surface area contributed by atoms with Crippen molar-refractivity contribution in [2.45, 2.75) is 59.8 Å². The van der Waals surface area contributed by atoms with Gasteiger partial charge < -0.3 is 4.74 Å². The lowest BCUT2D eigenvalue weighted by Gasteiger charge is -2.19. The second-order valence-electron chi connectivity index (χ2n) is 5.49. The van der Waals surface area contributed by atoms with E-state index in [2.05, 4.69) is 27.7 Å². The van der Waals surface area contributed by atoms with Gasteiger partial charge in [0.25, 0.3) is 0 Å². The van der Waals surface area contributed by atoms with Crippen molar-refractivity contribution in [3.8, 4) is 0 Å². The molecule has 0 N–H and O–H groups in total. The number of unbranched alkanes of at least 4 members (excludes halogenated alkanes) is 2. The molecule has 0 radical (unpaired) electrons. The van der Waals surface area contributed by atoms with Crippen molar-refractivity contribution in [1.82, 2.24) is 0 Å². The van der Waals surface area contributed by atoms with E-state index in [1.54, 1.807) is 0 Å². The van der Waals surface area contributed by atoms with Crippen molar-refractivity contribution >= 4 is 0 Å². The predicted octanol–water partition coefficient (Wildman–Crippen LogP) is 4.51. The molecule has 0 amide bonds. The number of rotatable bonds is 9. The predicted molar refractivity (Wildman–Crippen MR) is 68.1 cm³/mol. The van der Waals surface area contributed by atoms with Crippen molar-refractivity contribution in [1.29, 1.82) is 0 Å². The molecular weight excluding hydrogens is 184 g/mol. The van der Waals surface area contributed by atoms with Gasteiger partial charge in [-0.3, -0.25) is 0 Å². The normalized spacial score (nSPS) is 13.8. The Kier molecular flexibility index (Phi) is 9.18. The number of ether oxygens (including phenoxy) is 1. The Morgan fingerprint density at radius 3 is 1.93 bits per heavy atom. The summed E-state index contributed by atoms with van der Waals surface area (Å²) in [5.41, 5.74) is 0. The molecule has 0 saturated carbocycles. The standard InChI is InChI=1S/C14H30O/c1-12(2)9-7-6-8-10-14(11-15-5)13(3)4/h12-14H,6-11H2,1-5H3. The molecule has 1 unspecified atom stereocenters. The molecule has 0 aliphatic heterocycles. The van der Waals surface area contributed by atoms with Gasteiger partial charge in [0.05, 0.1) is 0 Å². The van der Waals surface area contributed by atoms with Crippen LogP contribution in [0.2, 0.25) is 0 Å². The van der Waals surface area contributed by atoms with Gasteiger partial charge in [-0.25, -0.2) is 0 Å². The van der Waals surface area contributed by atoms with Crippen molar-refractivity contribution in [2.75, 3.05) is 13.7 Å². The van der Waals surface area contributed by atoms with E-state index in [0.717, 1.165) is 24.4 Å². The third-order valence-electron chi connectivity index (χ3n) is 3.18. The van der Waals surface area contributed by atoms with Gasteiger partial charge in [-0.2, -0.15) is 0 Å². The molecule has 0 fully saturated rings. The maximum absolute atomic E-state index is 5.26. The van der Waals surface area contributed by atoms with Crippen molar-refractivity contribution in [2.24, 2.45) is 17.8 Å². The zero-order chi connectivity index (χ0) is 11.7. The fourth-order valence-electron chi connectivity index (χ4n) is 1.96. The van der Waals surface area contributed by atoms with Gasteiger partial charge in [0, 0.05) is 13.7 Å². The first kappa shape index (κ1) is 15.0. The third-order valence-corrected chi connectivity index (χ3v) is 3.18. The van der Waals surface area contributed by atoms with Gasteiger partial charge in [0.2, 0.25) is 0 Å². The minimum atomic E-state index is 0.758.